The van der Waals surface area contributed by atoms with E-state index in [1.165, 1.54) is 5.39 Å². The van der Waals surface area contributed by atoms with E-state index in [4.69, 9.17) is 9.47 Å². The van der Waals surface area contributed by atoms with Gasteiger partial charge >= 0.3 is 0 Å². The van der Waals surface area contributed by atoms with Crippen LogP contribution in [0.2, 0.25) is 0 Å². The van der Waals surface area contributed by atoms with Crippen molar-refractivity contribution in [3.63, 3.8) is 0 Å². The van der Waals surface area contributed by atoms with E-state index >= 15 is 0 Å². The van der Waals surface area contributed by atoms with Crippen LogP contribution >= 0.6 is 11.8 Å². The van der Waals surface area contributed by atoms with Gasteiger partial charge in [-0.15, -0.1) is 0 Å². The Morgan fingerprint density at radius 1 is 1.12 bits per heavy atom. The number of fused-ring (bicyclic) bond motifs is 2. The Kier molecular flexibility index (Phi) is 3.79. The molecule has 3 heterocycles. The van der Waals surface area contributed by atoms with Crippen LogP contribution in [0.15, 0.2) is 58.8 Å². The lowest BCUT2D eigenvalue weighted by molar-refractivity contribution is 0.174. The van der Waals surface area contributed by atoms with Crippen molar-refractivity contribution in [3.05, 3.63) is 59.8 Å². The summed E-state index contributed by atoms with van der Waals surface area (Å²) in [5, 5.41) is 6.54. The highest BCUT2D eigenvalue weighted by Crippen LogP contribution is 2.32. The average Bonchev–Trinajstić information content (AvgIpc) is 3.33. The maximum atomic E-state index is 5.41. The maximum absolute atomic E-state index is 5.41. The SMILES string of the molecule is c1ccc2c(C3=NNC(=NCc4ccc5c(c4)OCO5)SC3)c[nH]c2c1. The Hall–Kier alpha value is -2.93. The number of nitrogens with zero attached hydrogens (tertiary/aromatic N) is 2. The van der Waals surface area contributed by atoms with E-state index in [1.807, 2.05) is 36.5 Å². The van der Waals surface area contributed by atoms with E-state index in [9.17, 15) is 0 Å². The highest BCUT2D eigenvalue weighted by molar-refractivity contribution is 8.14. The van der Waals surface area contributed by atoms with Gasteiger partial charge in [-0.05, 0) is 23.8 Å². The maximum Gasteiger partial charge on any atom is 0.231 e. The minimum atomic E-state index is 0.288. The average molecular weight is 364 g/mol. The summed E-state index contributed by atoms with van der Waals surface area (Å²) in [6, 6.07) is 14.2. The highest BCUT2D eigenvalue weighted by atomic mass is 32.2. The first-order chi connectivity index (χ1) is 12.9. The molecule has 2 aliphatic rings. The van der Waals surface area contributed by atoms with Crippen molar-refractivity contribution in [1.82, 2.24) is 10.4 Å². The van der Waals surface area contributed by atoms with Gasteiger partial charge in [0.2, 0.25) is 6.79 Å². The molecule has 6 nitrogen and oxygen atoms in total. The minimum Gasteiger partial charge on any atom is -0.454 e. The summed E-state index contributed by atoms with van der Waals surface area (Å²) in [5.41, 5.74) is 7.44. The largest absolute Gasteiger partial charge is 0.454 e. The summed E-state index contributed by atoms with van der Waals surface area (Å²) in [5.74, 6) is 2.36. The van der Waals surface area contributed by atoms with E-state index in [0.29, 0.717) is 6.54 Å². The first-order valence-corrected chi connectivity index (χ1v) is 9.30. The number of aromatic amines is 1. The molecule has 0 saturated heterocycles. The van der Waals surface area contributed by atoms with Crippen LogP contribution in [0.3, 0.4) is 0 Å². The highest BCUT2D eigenvalue weighted by Gasteiger charge is 2.17. The lowest BCUT2D eigenvalue weighted by atomic mass is 10.1. The third-order valence-corrected chi connectivity index (χ3v) is 5.29. The Balaban J connectivity index is 1.31. The summed E-state index contributed by atoms with van der Waals surface area (Å²) < 4.78 is 10.7. The van der Waals surface area contributed by atoms with E-state index in [0.717, 1.165) is 44.8 Å². The molecule has 7 heteroatoms. The molecule has 3 aromatic rings. The zero-order valence-corrected chi connectivity index (χ0v) is 14.7. The molecular weight excluding hydrogens is 348 g/mol. The predicted octanol–water partition coefficient (Wildman–Crippen LogP) is 3.49. The van der Waals surface area contributed by atoms with Gasteiger partial charge in [-0.3, -0.25) is 10.4 Å². The monoisotopic (exact) mass is 364 g/mol. The summed E-state index contributed by atoms with van der Waals surface area (Å²) in [6.45, 7) is 0.861. The molecule has 5 rings (SSSR count). The second kappa shape index (κ2) is 6.42. The topological polar surface area (TPSA) is 71.0 Å². The number of aliphatic imine (C=N–C) groups is 1. The molecule has 0 unspecified atom stereocenters. The standard InChI is InChI=1S/C19H16N4O2S/c1-2-4-15-13(3-1)14(9-20-15)16-10-26-19(23-22-16)21-8-12-5-6-17-18(7-12)25-11-24-17/h1-7,9,20H,8,10-11H2,(H,21,23). The first kappa shape index (κ1) is 15.3. The fourth-order valence-corrected chi connectivity index (χ4v) is 3.81. The van der Waals surface area contributed by atoms with Crippen LogP contribution < -0.4 is 14.9 Å². The fraction of sp³-hybridized carbons (Fsp3) is 0.158. The van der Waals surface area contributed by atoms with Crippen molar-refractivity contribution >= 4 is 33.5 Å². The number of aromatic nitrogens is 1. The molecule has 26 heavy (non-hydrogen) atoms. The van der Waals surface area contributed by atoms with E-state index in [2.05, 4.69) is 32.6 Å². The number of hydrogen-bond donors (Lipinski definition) is 2. The number of hydrazone groups is 1. The second-order valence-electron chi connectivity index (χ2n) is 6.02. The van der Waals surface area contributed by atoms with E-state index in [1.54, 1.807) is 11.8 Å². The van der Waals surface area contributed by atoms with Crippen LogP contribution in [0.4, 0.5) is 0 Å². The van der Waals surface area contributed by atoms with Gasteiger partial charge < -0.3 is 14.5 Å². The Bertz CT molecular complexity index is 1040. The molecule has 0 saturated carbocycles. The van der Waals surface area contributed by atoms with E-state index in [-0.39, 0.29) is 6.79 Å². The molecule has 1 aromatic heterocycles. The number of H-pyrrole nitrogens is 1. The molecule has 0 fully saturated rings. The number of para-hydroxylation sites is 1. The molecule has 0 aliphatic carbocycles. The number of rotatable bonds is 3. The van der Waals surface area contributed by atoms with Crippen molar-refractivity contribution in [2.75, 3.05) is 12.5 Å². The molecular formula is C19H16N4O2S. The van der Waals surface area contributed by atoms with Gasteiger partial charge in [0.05, 0.1) is 12.3 Å². The van der Waals surface area contributed by atoms with Gasteiger partial charge in [0.1, 0.15) is 0 Å². The van der Waals surface area contributed by atoms with Crippen LogP contribution in [-0.2, 0) is 6.54 Å². The normalized spacial score (nSPS) is 17.4. The van der Waals surface area contributed by atoms with Gasteiger partial charge in [-0.2, -0.15) is 5.10 Å². The van der Waals surface area contributed by atoms with Gasteiger partial charge in [0.25, 0.3) is 0 Å². The molecule has 2 N–H and O–H groups in total. The summed E-state index contributed by atoms with van der Waals surface area (Å²) in [6.07, 6.45) is 2.01. The molecule has 0 spiro atoms. The van der Waals surface area contributed by atoms with Crippen molar-refractivity contribution < 1.29 is 9.47 Å². The number of ether oxygens (including phenoxy) is 2. The lowest BCUT2D eigenvalue weighted by Crippen LogP contribution is -2.25. The Morgan fingerprint density at radius 2 is 2.04 bits per heavy atom. The van der Waals surface area contributed by atoms with Crippen LogP contribution in [0, 0.1) is 0 Å². The van der Waals surface area contributed by atoms with Crippen LogP contribution in [0.5, 0.6) is 11.5 Å². The van der Waals surface area contributed by atoms with Gasteiger partial charge in [-0.1, -0.05) is 36.0 Å². The Labute approximate surface area is 154 Å². The molecule has 0 amide bonds. The third kappa shape index (κ3) is 2.80. The first-order valence-electron chi connectivity index (χ1n) is 8.32. The molecule has 0 atom stereocenters. The summed E-state index contributed by atoms with van der Waals surface area (Å²) in [7, 11) is 0. The smallest absolute Gasteiger partial charge is 0.231 e. The van der Waals surface area contributed by atoms with Crippen LogP contribution in [0.1, 0.15) is 11.1 Å². The van der Waals surface area contributed by atoms with E-state index < -0.39 is 0 Å². The quantitative estimate of drug-likeness (QED) is 0.746. The number of amidine groups is 1. The van der Waals surface area contributed by atoms with Gasteiger partial charge in [0, 0.05) is 28.4 Å². The molecule has 2 aliphatic heterocycles. The lowest BCUT2D eigenvalue weighted by Gasteiger charge is -2.14. The molecule has 130 valence electrons. The number of thioether (sulfide) groups is 1. The zero-order chi connectivity index (χ0) is 17.3. The third-order valence-electron chi connectivity index (χ3n) is 4.37. The van der Waals surface area contributed by atoms with Crippen LogP contribution in [-0.4, -0.2) is 28.4 Å². The predicted molar refractivity (Wildman–Crippen MR) is 104 cm³/mol. The minimum absolute atomic E-state index is 0.288. The summed E-state index contributed by atoms with van der Waals surface area (Å²) >= 11 is 1.66. The van der Waals surface area contributed by atoms with Gasteiger partial charge in [0.15, 0.2) is 16.7 Å². The van der Waals surface area contributed by atoms with Crippen molar-refractivity contribution in [2.45, 2.75) is 6.54 Å². The number of nitrogens with one attached hydrogen (secondary N) is 2. The second-order valence-corrected chi connectivity index (χ2v) is 6.98. The number of benzene rings is 2. The molecule has 0 bridgehead atoms. The van der Waals surface area contributed by atoms with Crippen molar-refractivity contribution in [2.24, 2.45) is 10.1 Å². The fourth-order valence-electron chi connectivity index (χ4n) is 3.05. The Morgan fingerprint density at radius 3 is 2.96 bits per heavy atom. The molecule has 2 aromatic carbocycles. The van der Waals surface area contributed by atoms with Crippen molar-refractivity contribution in [1.29, 1.82) is 0 Å². The molecule has 0 radical (unpaired) electrons. The van der Waals surface area contributed by atoms with Gasteiger partial charge in [-0.25, -0.2) is 0 Å². The number of hydrogen-bond acceptors (Lipinski definition) is 5. The zero-order valence-electron chi connectivity index (χ0n) is 13.9. The van der Waals surface area contributed by atoms with Crippen molar-refractivity contribution in [3.8, 4) is 11.5 Å². The van der Waals surface area contributed by atoms with Crippen LogP contribution in [0.25, 0.3) is 10.9 Å². The summed E-state index contributed by atoms with van der Waals surface area (Å²) in [4.78, 5) is 7.91.